The van der Waals surface area contributed by atoms with E-state index in [1.165, 1.54) is 0 Å². The Balaban J connectivity index is 2.30. The highest BCUT2D eigenvalue weighted by Crippen LogP contribution is 2.33. The maximum absolute atomic E-state index is 5.69. The molecule has 1 aliphatic rings. The summed E-state index contributed by atoms with van der Waals surface area (Å²) in [6, 6.07) is 0. The van der Waals surface area contributed by atoms with E-state index >= 15 is 0 Å². The van der Waals surface area contributed by atoms with Crippen LogP contribution in [0.2, 0.25) is 0 Å². The van der Waals surface area contributed by atoms with Crippen LogP contribution in [-0.4, -0.2) is 21.4 Å². The number of hydrogen-bond donors (Lipinski definition) is 1. The number of hydrogen-bond acceptors (Lipinski definition) is 4. The Kier molecular flexibility index (Phi) is 3.02. The molecule has 2 N–H and O–H groups in total. The molecule has 84 valence electrons. The van der Waals surface area contributed by atoms with Crippen LogP contribution in [-0.2, 0) is 17.8 Å². The summed E-state index contributed by atoms with van der Waals surface area (Å²) in [6.07, 6.45) is 1.19. The Morgan fingerprint density at radius 1 is 1.53 bits per heavy atom. The van der Waals surface area contributed by atoms with Gasteiger partial charge in [-0.05, 0) is 19.3 Å². The minimum Gasteiger partial charge on any atom is -0.370 e. The maximum atomic E-state index is 5.69. The summed E-state index contributed by atoms with van der Waals surface area (Å²) >= 11 is 0. The fraction of sp³-hybridized carbons (Fsp3) is 0.800. The summed E-state index contributed by atoms with van der Waals surface area (Å²) in [7, 11) is 0. The van der Waals surface area contributed by atoms with Gasteiger partial charge >= 0.3 is 0 Å². The van der Waals surface area contributed by atoms with Gasteiger partial charge in [0.25, 0.3) is 0 Å². The third-order valence-corrected chi connectivity index (χ3v) is 3.00. The Morgan fingerprint density at radius 2 is 2.33 bits per heavy atom. The zero-order chi connectivity index (χ0) is 10.8. The molecule has 1 aliphatic heterocycles. The highest BCUT2D eigenvalue weighted by Gasteiger charge is 2.30. The van der Waals surface area contributed by atoms with Gasteiger partial charge in [0.05, 0.1) is 6.54 Å². The van der Waals surface area contributed by atoms with Gasteiger partial charge < -0.3 is 15.0 Å². The second-order valence-electron chi connectivity index (χ2n) is 3.98. The highest BCUT2D eigenvalue weighted by atomic mass is 16.5. The molecule has 0 bridgehead atoms. The van der Waals surface area contributed by atoms with Crippen LogP contribution < -0.4 is 5.73 Å². The standard InChI is InChI=1S/C10H18N4O/c1-3-14-8(6-11)12-13-10(14)9-7(2)4-5-15-9/h7,9H,3-6,11H2,1-2H3. The quantitative estimate of drug-likeness (QED) is 0.803. The average molecular weight is 210 g/mol. The van der Waals surface area contributed by atoms with E-state index in [9.17, 15) is 0 Å². The van der Waals surface area contributed by atoms with Crippen LogP contribution in [0.5, 0.6) is 0 Å². The van der Waals surface area contributed by atoms with Crippen molar-refractivity contribution in [3.63, 3.8) is 0 Å². The number of rotatable bonds is 3. The molecule has 1 aromatic rings. The van der Waals surface area contributed by atoms with Crippen molar-refractivity contribution in [1.82, 2.24) is 14.8 Å². The molecule has 0 radical (unpaired) electrons. The smallest absolute Gasteiger partial charge is 0.162 e. The van der Waals surface area contributed by atoms with Crippen molar-refractivity contribution in [2.45, 2.75) is 39.5 Å². The first-order valence-electron chi connectivity index (χ1n) is 5.51. The van der Waals surface area contributed by atoms with Crippen molar-refractivity contribution in [2.24, 2.45) is 11.7 Å². The third kappa shape index (κ3) is 1.77. The first kappa shape index (κ1) is 10.6. The predicted octanol–water partition coefficient (Wildman–Crippen LogP) is 0.854. The summed E-state index contributed by atoms with van der Waals surface area (Å²) in [5.74, 6) is 2.29. The number of aromatic nitrogens is 3. The molecule has 15 heavy (non-hydrogen) atoms. The van der Waals surface area contributed by atoms with Crippen LogP contribution in [0.1, 0.15) is 38.0 Å². The van der Waals surface area contributed by atoms with Crippen LogP contribution in [0.25, 0.3) is 0 Å². The topological polar surface area (TPSA) is 66.0 Å². The fourth-order valence-corrected chi connectivity index (χ4v) is 2.08. The van der Waals surface area contributed by atoms with Crippen molar-refractivity contribution in [2.75, 3.05) is 6.61 Å². The molecule has 0 aliphatic carbocycles. The van der Waals surface area contributed by atoms with Crippen molar-refractivity contribution < 1.29 is 4.74 Å². The summed E-state index contributed by atoms with van der Waals surface area (Å²) in [6.45, 7) is 6.36. The van der Waals surface area contributed by atoms with Gasteiger partial charge in [0, 0.05) is 13.2 Å². The fourth-order valence-electron chi connectivity index (χ4n) is 2.08. The summed E-state index contributed by atoms with van der Waals surface area (Å²) in [5, 5.41) is 8.29. The molecule has 1 fully saturated rings. The molecule has 5 nitrogen and oxygen atoms in total. The number of nitrogens with zero attached hydrogens (tertiary/aromatic N) is 3. The van der Waals surface area contributed by atoms with Crippen LogP contribution >= 0.6 is 0 Å². The molecule has 0 saturated carbocycles. The minimum atomic E-state index is 0.0951. The predicted molar refractivity (Wildman–Crippen MR) is 56.1 cm³/mol. The second-order valence-corrected chi connectivity index (χ2v) is 3.98. The molecule has 2 atom stereocenters. The lowest BCUT2D eigenvalue weighted by Crippen LogP contribution is -2.15. The maximum Gasteiger partial charge on any atom is 0.162 e. The van der Waals surface area contributed by atoms with Gasteiger partial charge in [0.1, 0.15) is 11.9 Å². The molecule has 2 unspecified atom stereocenters. The first-order chi connectivity index (χ1) is 7.27. The lowest BCUT2D eigenvalue weighted by molar-refractivity contribution is 0.0839. The molecule has 5 heteroatoms. The van der Waals surface area contributed by atoms with Crippen molar-refractivity contribution in [3.05, 3.63) is 11.6 Å². The van der Waals surface area contributed by atoms with E-state index in [-0.39, 0.29) is 6.10 Å². The van der Waals surface area contributed by atoms with Gasteiger partial charge in [-0.2, -0.15) is 0 Å². The molecule has 1 aromatic heterocycles. The van der Waals surface area contributed by atoms with Crippen LogP contribution in [0.15, 0.2) is 0 Å². The van der Waals surface area contributed by atoms with Crippen molar-refractivity contribution >= 4 is 0 Å². The van der Waals surface area contributed by atoms with Crippen molar-refractivity contribution in [3.8, 4) is 0 Å². The minimum absolute atomic E-state index is 0.0951. The van der Waals surface area contributed by atoms with Crippen LogP contribution in [0.3, 0.4) is 0 Å². The number of ether oxygens (including phenoxy) is 1. The van der Waals surface area contributed by atoms with E-state index in [2.05, 4.69) is 28.6 Å². The normalized spacial score (nSPS) is 26.1. The summed E-state index contributed by atoms with van der Waals surface area (Å²) < 4.78 is 7.75. The Bertz CT molecular complexity index is 336. The molecule has 2 rings (SSSR count). The van der Waals surface area contributed by atoms with Gasteiger partial charge in [-0.1, -0.05) is 6.92 Å². The monoisotopic (exact) mass is 210 g/mol. The van der Waals surface area contributed by atoms with Gasteiger partial charge in [-0.15, -0.1) is 10.2 Å². The van der Waals surface area contributed by atoms with Gasteiger partial charge in [0.15, 0.2) is 5.82 Å². The zero-order valence-corrected chi connectivity index (χ0v) is 9.31. The lowest BCUT2D eigenvalue weighted by atomic mass is 10.0. The van der Waals surface area contributed by atoms with E-state index in [0.29, 0.717) is 12.5 Å². The van der Waals surface area contributed by atoms with E-state index < -0.39 is 0 Å². The zero-order valence-electron chi connectivity index (χ0n) is 9.31. The Labute approximate surface area is 89.6 Å². The Hall–Kier alpha value is -0.940. The Morgan fingerprint density at radius 3 is 2.87 bits per heavy atom. The van der Waals surface area contributed by atoms with Crippen molar-refractivity contribution in [1.29, 1.82) is 0 Å². The third-order valence-electron chi connectivity index (χ3n) is 3.00. The van der Waals surface area contributed by atoms with Gasteiger partial charge in [0.2, 0.25) is 0 Å². The van der Waals surface area contributed by atoms with E-state index in [1.54, 1.807) is 0 Å². The summed E-state index contributed by atoms with van der Waals surface area (Å²) in [4.78, 5) is 0. The van der Waals surface area contributed by atoms with Crippen LogP contribution in [0.4, 0.5) is 0 Å². The van der Waals surface area contributed by atoms with Gasteiger partial charge in [-0.25, -0.2) is 0 Å². The molecule has 0 amide bonds. The largest absolute Gasteiger partial charge is 0.370 e. The molecule has 0 aromatic carbocycles. The molecular formula is C10H18N4O. The lowest BCUT2D eigenvalue weighted by Gasteiger charge is -2.15. The average Bonchev–Trinajstić information content (AvgIpc) is 2.82. The van der Waals surface area contributed by atoms with E-state index in [4.69, 9.17) is 10.5 Å². The highest BCUT2D eigenvalue weighted by molar-refractivity contribution is 5.02. The number of nitrogens with two attached hydrogens (primary N) is 1. The van der Waals surface area contributed by atoms with E-state index in [1.807, 2.05) is 0 Å². The summed E-state index contributed by atoms with van der Waals surface area (Å²) in [5.41, 5.74) is 5.61. The first-order valence-corrected chi connectivity index (χ1v) is 5.51. The van der Waals surface area contributed by atoms with E-state index in [0.717, 1.165) is 31.2 Å². The second kappa shape index (κ2) is 4.28. The molecule has 2 heterocycles. The van der Waals surface area contributed by atoms with Crippen LogP contribution in [0, 0.1) is 5.92 Å². The molecule has 0 spiro atoms. The molecule has 1 saturated heterocycles. The molecular weight excluding hydrogens is 192 g/mol. The SMILES string of the molecule is CCn1c(CN)nnc1C1OCCC1C. The van der Waals surface area contributed by atoms with Gasteiger partial charge in [-0.3, -0.25) is 0 Å².